The molecule has 0 radical (unpaired) electrons. The van der Waals surface area contributed by atoms with Crippen molar-refractivity contribution in [2.75, 3.05) is 5.73 Å². The van der Waals surface area contributed by atoms with Crippen molar-refractivity contribution >= 4 is 17.6 Å². The first-order valence-corrected chi connectivity index (χ1v) is 6.61. The lowest BCUT2D eigenvalue weighted by Crippen LogP contribution is -1.97. The van der Waals surface area contributed by atoms with E-state index in [1.54, 1.807) is 4.68 Å². The third-order valence-electron chi connectivity index (χ3n) is 3.14. The Labute approximate surface area is 105 Å². The van der Waals surface area contributed by atoms with Crippen LogP contribution in [0.1, 0.15) is 12.5 Å². The molecule has 0 spiro atoms. The first kappa shape index (κ1) is 10.7. The van der Waals surface area contributed by atoms with Crippen LogP contribution in [0.5, 0.6) is 0 Å². The molecule has 1 atom stereocenters. The van der Waals surface area contributed by atoms with Gasteiger partial charge in [0.1, 0.15) is 5.82 Å². The Morgan fingerprint density at radius 1 is 1.47 bits per heavy atom. The summed E-state index contributed by atoms with van der Waals surface area (Å²) in [6.45, 7) is 2.27. The zero-order valence-corrected chi connectivity index (χ0v) is 10.8. The molecular formula is C13H15N3S. The fourth-order valence-corrected chi connectivity index (χ4v) is 3.46. The van der Waals surface area contributed by atoms with Crippen LogP contribution in [0, 0.1) is 0 Å². The summed E-state index contributed by atoms with van der Waals surface area (Å²) in [5.41, 5.74) is 9.48. The second-order valence-corrected chi connectivity index (χ2v) is 5.97. The zero-order chi connectivity index (χ0) is 12.0. The van der Waals surface area contributed by atoms with Crippen molar-refractivity contribution in [1.29, 1.82) is 0 Å². The maximum atomic E-state index is 5.85. The lowest BCUT2D eigenvalue weighted by molar-refractivity contribution is 0.781. The van der Waals surface area contributed by atoms with E-state index in [0.717, 1.165) is 12.1 Å². The Morgan fingerprint density at radius 3 is 3.00 bits per heavy atom. The topological polar surface area (TPSA) is 43.8 Å². The first-order chi connectivity index (χ1) is 8.15. The molecule has 0 aliphatic carbocycles. The van der Waals surface area contributed by atoms with Gasteiger partial charge in [0.15, 0.2) is 0 Å². The number of nitrogens with zero attached hydrogens (tertiary/aromatic N) is 2. The molecule has 2 aromatic rings. The number of benzene rings is 1. The van der Waals surface area contributed by atoms with Crippen molar-refractivity contribution in [3.05, 3.63) is 29.8 Å². The number of fused-ring (bicyclic) bond motifs is 1. The van der Waals surface area contributed by atoms with Crippen LogP contribution in [0.3, 0.4) is 0 Å². The quantitative estimate of drug-likeness (QED) is 0.840. The Kier molecular flexibility index (Phi) is 2.40. The van der Waals surface area contributed by atoms with Gasteiger partial charge in [-0.1, -0.05) is 19.1 Å². The number of hydrogen-bond acceptors (Lipinski definition) is 3. The van der Waals surface area contributed by atoms with Crippen LogP contribution in [0.25, 0.3) is 11.3 Å². The van der Waals surface area contributed by atoms with Gasteiger partial charge in [-0.2, -0.15) is 5.10 Å². The van der Waals surface area contributed by atoms with Gasteiger partial charge in [0.25, 0.3) is 0 Å². The molecular weight excluding hydrogens is 230 g/mol. The third kappa shape index (κ3) is 1.72. The summed E-state index contributed by atoms with van der Waals surface area (Å²) in [5.74, 6) is 0.705. The summed E-state index contributed by atoms with van der Waals surface area (Å²) in [5, 5.41) is 5.12. The Bertz CT molecular complexity index is 555. The lowest BCUT2D eigenvalue weighted by Gasteiger charge is -2.04. The number of nitrogen functional groups attached to an aromatic ring is 1. The van der Waals surface area contributed by atoms with E-state index in [1.807, 2.05) is 24.9 Å². The smallest absolute Gasteiger partial charge is 0.121 e. The predicted molar refractivity (Wildman–Crippen MR) is 72.1 cm³/mol. The van der Waals surface area contributed by atoms with Crippen molar-refractivity contribution in [3.8, 4) is 11.3 Å². The minimum Gasteiger partial charge on any atom is -0.384 e. The molecule has 17 heavy (non-hydrogen) atoms. The summed E-state index contributed by atoms with van der Waals surface area (Å²) in [7, 11) is 1.87. The van der Waals surface area contributed by atoms with E-state index < -0.39 is 0 Å². The molecule has 3 rings (SSSR count). The van der Waals surface area contributed by atoms with Gasteiger partial charge in [0.2, 0.25) is 0 Å². The van der Waals surface area contributed by atoms with E-state index >= 15 is 0 Å². The molecule has 0 amide bonds. The highest BCUT2D eigenvalue weighted by Crippen LogP contribution is 2.41. The van der Waals surface area contributed by atoms with Crippen LogP contribution >= 0.6 is 11.8 Å². The highest BCUT2D eigenvalue weighted by atomic mass is 32.2. The van der Waals surface area contributed by atoms with Crippen molar-refractivity contribution in [2.24, 2.45) is 7.05 Å². The van der Waals surface area contributed by atoms with Crippen molar-refractivity contribution < 1.29 is 0 Å². The van der Waals surface area contributed by atoms with Gasteiger partial charge in [-0.15, -0.1) is 11.8 Å². The van der Waals surface area contributed by atoms with E-state index in [1.165, 1.54) is 16.0 Å². The van der Waals surface area contributed by atoms with Gasteiger partial charge < -0.3 is 5.73 Å². The van der Waals surface area contributed by atoms with E-state index in [0.29, 0.717) is 11.1 Å². The lowest BCUT2D eigenvalue weighted by atomic mass is 10.0. The molecule has 4 heteroatoms. The summed E-state index contributed by atoms with van der Waals surface area (Å²) in [4.78, 5) is 1.39. The average Bonchev–Trinajstić information content (AvgIpc) is 2.81. The Balaban J connectivity index is 2.13. The second kappa shape index (κ2) is 3.81. The van der Waals surface area contributed by atoms with Gasteiger partial charge >= 0.3 is 0 Å². The van der Waals surface area contributed by atoms with Gasteiger partial charge in [0, 0.05) is 28.8 Å². The number of aryl methyl sites for hydroxylation is 1. The predicted octanol–water partition coefficient (Wildman–Crippen LogP) is 2.71. The van der Waals surface area contributed by atoms with Crippen molar-refractivity contribution in [1.82, 2.24) is 9.78 Å². The summed E-state index contributed by atoms with van der Waals surface area (Å²) >= 11 is 1.95. The molecule has 3 nitrogen and oxygen atoms in total. The molecule has 0 fully saturated rings. The van der Waals surface area contributed by atoms with Crippen molar-refractivity contribution in [3.63, 3.8) is 0 Å². The van der Waals surface area contributed by atoms with E-state index in [2.05, 4.69) is 30.2 Å². The van der Waals surface area contributed by atoms with E-state index in [9.17, 15) is 0 Å². The SMILES string of the molecule is CC1Cc2c(cccc2-c2cc(N)n(C)n2)S1. The Morgan fingerprint density at radius 2 is 2.29 bits per heavy atom. The van der Waals surface area contributed by atoms with Crippen LogP contribution in [0.15, 0.2) is 29.2 Å². The molecule has 88 valence electrons. The average molecular weight is 245 g/mol. The summed E-state index contributed by atoms with van der Waals surface area (Å²) in [6.07, 6.45) is 1.12. The second-order valence-electron chi connectivity index (χ2n) is 4.49. The third-order valence-corrected chi connectivity index (χ3v) is 4.35. The minimum atomic E-state index is 0.659. The largest absolute Gasteiger partial charge is 0.384 e. The number of thioether (sulfide) groups is 1. The van der Waals surface area contributed by atoms with Crippen LogP contribution in [0.4, 0.5) is 5.82 Å². The first-order valence-electron chi connectivity index (χ1n) is 5.73. The summed E-state index contributed by atoms with van der Waals surface area (Å²) in [6, 6.07) is 8.38. The maximum absolute atomic E-state index is 5.85. The van der Waals surface area contributed by atoms with Gasteiger partial charge in [-0.25, -0.2) is 0 Å². The van der Waals surface area contributed by atoms with Crippen molar-refractivity contribution in [2.45, 2.75) is 23.5 Å². The Hall–Kier alpha value is -1.42. The standard InChI is InChI=1S/C13H15N3S/c1-8-6-10-9(4-3-5-12(10)17-8)11-7-13(14)16(2)15-11/h3-5,7-8H,6,14H2,1-2H3. The number of aromatic nitrogens is 2. The summed E-state index contributed by atoms with van der Waals surface area (Å²) < 4.78 is 1.72. The molecule has 0 bridgehead atoms. The van der Waals surface area contributed by atoms with Crippen LogP contribution in [-0.2, 0) is 13.5 Å². The van der Waals surface area contributed by atoms with E-state index in [-0.39, 0.29) is 0 Å². The number of hydrogen-bond donors (Lipinski definition) is 1. The molecule has 0 saturated carbocycles. The number of nitrogens with two attached hydrogens (primary N) is 1. The van der Waals surface area contributed by atoms with Gasteiger partial charge in [-0.05, 0) is 18.1 Å². The maximum Gasteiger partial charge on any atom is 0.121 e. The molecule has 1 aliphatic heterocycles. The molecule has 1 unspecified atom stereocenters. The van der Waals surface area contributed by atoms with E-state index in [4.69, 9.17) is 5.73 Å². The number of anilines is 1. The number of rotatable bonds is 1. The molecule has 1 aromatic heterocycles. The minimum absolute atomic E-state index is 0.659. The fraction of sp³-hybridized carbons (Fsp3) is 0.308. The monoisotopic (exact) mass is 245 g/mol. The molecule has 0 saturated heterocycles. The van der Waals surface area contributed by atoms with Gasteiger partial charge in [-0.3, -0.25) is 4.68 Å². The molecule has 2 N–H and O–H groups in total. The molecule has 1 aromatic carbocycles. The highest BCUT2D eigenvalue weighted by molar-refractivity contribution is 8.00. The normalized spacial score (nSPS) is 18.4. The molecule has 1 aliphatic rings. The molecule has 2 heterocycles. The van der Waals surface area contributed by atoms with Crippen LogP contribution < -0.4 is 5.73 Å². The van der Waals surface area contributed by atoms with Crippen LogP contribution in [-0.4, -0.2) is 15.0 Å². The van der Waals surface area contributed by atoms with Crippen LogP contribution in [0.2, 0.25) is 0 Å². The highest BCUT2D eigenvalue weighted by Gasteiger charge is 2.22. The fourth-order valence-electron chi connectivity index (χ4n) is 2.29. The zero-order valence-electron chi connectivity index (χ0n) is 9.97. The van der Waals surface area contributed by atoms with Gasteiger partial charge in [0.05, 0.1) is 5.69 Å².